The molecule has 3 heterocycles. The van der Waals surface area contributed by atoms with Crippen molar-refractivity contribution < 1.29 is 14.2 Å². The number of halogens is 1. The minimum atomic E-state index is -0.731. The van der Waals surface area contributed by atoms with E-state index in [0.717, 1.165) is 4.47 Å². The Labute approximate surface area is 185 Å². The van der Waals surface area contributed by atoms with Crippen LogP contribution in [0, 0.1) is 22.8 Å². The van der Waals surface area contributed by atoms with Crippen LogP contribution in [-0.2, 0) is 9.47 Å². The standard InChI is InChI=1S/C19H17BrN8O3/c20-9-1-2-12(31-7-13-29-3-4-30-13)10(5-9)16-14-15(23)11(6-21)17(24)27-18(14)28-19(26-16)25-8-22/h1-2,5,13,16H,3-4,7H2,(H6,23,24,25,26,27,28). The van der Waals surface area contributed by atoms with Gasteiger partial charge in [0.05, 0.1) is 18.9 Å². The van der Waals surface area contributed by atoms with Crippen LogP contribution < -0.4 is 26.8 Å². The number of hydrogen-bond acceptors (Lipinski definition) is 11. The van der Waals surface area contributed by atoms with Gasteiger partial charge in [-0.25, -0.2) is 9.98 Å². The lowest BCUT2D eigenvalue weighted by molar-refractivity contribution is -0.0685. The number of pyridine rings is 1. The number of nitrogens with one attached hydrogen (secondary N) is 2. The summed E-state index contributed by atoms with van der Waals surface area (Å²) in [7, 11) is 0. The third-order valence-corrected chi connectivity index (χ3v) is 5.18. The van der Waals surface area contributed by atoms with Crippen molar-refractivity contribution in [2.45, 2.75) is 12.3 Å². The average Bonchev–Trinajstić information content (AvgIpc) is 3.26. The number of nitrogens with zero attached hydrogens (tertiary/aromatic N) is 4. The molecule has 2 aromatic rings. The van der Waals surface area contributed by atoms with Gasteiger partial charge >= 0.3 is 0 Å². The van der Waals surface area contributed by atoms with Gasteiger partial charge in [-0.05, 0) is 18.2 Å². The second-order valence-electron chi connectivity index (χ2n) is 6.57. The van der Waals surface area contributed by atoms with E-state index in [1.54, 1.807) is 6.07 Å². The van der Waals surface area contributed by atoms with E-state index in [2.05, 4.69) is 36.5 Å². The third-order valence-electron chi connectivity index (χ3n) is 4.69. The number of fused-ring (bicyclic) bond motifs is 1. The highest BCUT2D eigenvalue weighted by Crippen LogP contribution is 2.43. The topological polar surface area (TPSA) is 177 Å². The molecule has 31 heavy (non-hydrogen) atoms. The Balaban J connectivity index is 1.82. The van der Waals surface area contributed by atoms with Gasteiger partial charge in [0.15, 0.2) is 12.5 Å². The van der Waals surface area contributed by atoms with Crippen molar-refractivity contribution in [1.29, 1.82) is 10.5 Å². The Morgan fingerprint density at radius 3 is 2.77 bits per heavy atom. The van der Waals surface area contributed by atoms with Crippen molar-refractivity contribution in [3.8, 4) is 18.0 Å². The molecule has 158 valence electrons. The first-order valence-corrected chi connectivity index (χ1v) is 9.95. The second-order valence-corrected chi connectivity index (χ2v) is 7.48. The number of hydrogen-bond donors (Lipinski definition) is 4. The zero-order chi connectivity index (χ0) is 22.0. The van der Waals surface area contributed by atoms with Crippen molar-refractivity contribution in [2.75, 3.05) is 36.6 Å². The van der Waals surface area contributed by atoms with E-state index in [9.17, 15) is 5.26 Å². The predicted octanol–water partition coefficient (Wildman–Crippen LogP) is 1.57. The fourth-order valence-corrected chi connectivity index (χ4v) is 3.71. The van der Waals surface area contributed by atoms with Crippen LogP contribution in [0.2, 0.25) is 0 Å². The van der Waals surface area contributed by atoms with Gasteiger partial charge < -0.3 is 31.0 Å². The number of aliphatic imine (C=N–C) groups is 1. The molecule has 1 unspecified atom stereocenters. The van der Waals surface area contributed by atoms with Crippen molar-refractivity contribution in [2.24, 2.45) is 4.99 Å². The molecule has 2 aliphatic heterocycles. The molecule has 0 spiro atoms. The molecular formula is C19H17BrN8O3. The molecular weight excluding hydrogens is 468 g/mol. The number of nitrogens with two attached hydrogens (primary N) is 2. The number of rotatable bonds is 4. The molecule has 0 amide bonds. The van der Waals surface area contributed by atoms with Gasteiger partial charge in [-0.3, -0.25) is 5.32 Å². The quantitative estimate of drug-likeness (QED) is 0.367. The molecule has 1 saturated heterocycles. The van der Waals surface area contributed by atoms with Crippen molar-refractivity contribution >= 4 is 39.2 Å². The Morgan fingerprint density at radius 1 is 1.29 bits per heavy atom. The van der Waals surface area contributed by atoms with Gasteiger partial charge in [0, 0.05) is 15.6 Å². The first-order chi connectivity index (χ1) is 15.0. The van der Waals surface area contributed by atoms with Crippen LogP contribution in [0.4, 0.5) is 17.3 Å². The normalized spacial score (nSPS) is 17.6. The Kier molecular flexibility index (Phi) is 5.77. The lowest BCUT2D eigenvalue weighted by Crippen LogP contribution is -2.33. The fraction of sp³-hybridized carbons (Fsp3) is 0.263. The number of guanidine groups is 1. The van der Waals surface area contributed by atoms with Gasteiger partial charge in [0.1, 0.15) is 41.7 Å². The molecule has 4 rings (SSSR count). The lowest BCUT2D eigenvalue weighted by atomic mass is 9.94. The number of aromatic nitrogens is 1. The van der Waals surface area contributed by atoms with E-state index in [-0.39, 0.29) is 29.6 Å². The van der Waals surface area contributed by atoms with Crippen LogP contribution in [-0.4, -0.2) is 37.1 Å². The zero-order valence-electron chi connectivity index (χ0n) is 16.1. The molecule has 0 bridgehead atoms. The highest BCUT2D eigenvalue weighted by molar-refractivity contribution is 9.10. The largest absolute Gasteiger partial charge is 0.488 e. The van der Waals surface area contributed by atoms with Crippen molar-refractivity contribution in [1.82, 2.24) is 10.3 Å². The zero-order valence-corrected chi connectivity index (χ0v) is 17.6. The molecule has 0 radical (unpaired) electrons. The maximum atomic E-state index is 9.48. The summed E-state index contributed by atoms with van der Waals surface area (Å²) >= 11 is 3.47. The summed E-state index contributed by atoms with van der Waals surface area (Å²) in [5.41, 5.74) is 13.5. The highest BCUT2D eigenvalue weighted by Gasteiger charge is 2.32. The molecule has 0 saturated carbocycles. The van der Waals surface area contributed by atoms with E-state index in [4.69, 9.17) is 30.9 Å². The highest BCUT2D eigenvalue weighted by atomic mass is 79.9. The maximum Gasteiger partial charge on any atom is 0.211 e. The first-order valence-electron chi connectivity index (χ1n) is 9.16. The van der Waals surface area contributed by atoms with Gasteiger partial charge in [0.2, 0.25) is 5.96 Å². The molecule has 11 nitrogen and oxygen atoms in total. The summed E-state index contributed by atoms with van der Waals surface area (Å²) in [6.07, 6.45) is 1.36. The predicted molar refractivity (Wildman–Crippen MR) is 115 cm³/mol. The summed E-state index contributed by atoms with van der Waals surface area (Å²) in [5, 5.41) is 23.9. The van der Waals surface area contributed by atoms with Gasteiger partial charge in [-0.15, -0.1) is 0 Å². The smallest absolute Gasteiger partial charge is 0.211 e. The van der Waals surface area contributed by atoms with Gasteiger partial charge in [-0.1, -0.05) is 15.9 Å². The minimum absolute atomic E-state index is 0.0237. The maximum absolute atomic E-state index is 9.48. The van der Waals surface area contributed by atoms with E-state index in [1.165, 1.54) is 0 Å². The number of nitriles is 2. The molecule has 6 N–H and O–H groups in total. The van der Waals surface area contributed by atoms with E-state index >= 15 is 0 Å². The Hall–Kier alpha value is -3.58. The van der Waals surface area contributed by atoms with Crippen LogP contribution in [0.25, 0.3) is 0 Å². The molecule has 0 aliphatic carbocycles. The lowest BCUT2D eigenvalue weighted by Gasteiger charge is -2.27. The van der Waals surface area contributed by atoms with E-state index < -0.39 is 12.3 Å². The summed E-state index contributed by atoms with van der Waals surface area (Å²) in [6, 6.07) is 6.66. The molecule has 1 aromatic heterocycles. The minimum Gasteiger partial charge on any atom is -0.488 e. The molecule has 2 aliphatic rings. The third kappa shape index (κ3) is 4.04. The molecule has 1 fully saturated rings. The van der Waals surface area contributed by atoms with Crippen LogP contribution in [0.15, 0.2) is 27.7 Å². The number of anilines is 3. The summed E-state index contributed by atoms with van der Waals surface area (Å²) < 4.78 is 17.6. The van der Waals surface area contributed by atoms with E-state index in [0.29, 0.717) is 35.9 Å². The number of nitrogen functional groups attached to an aromatic ring is 2. The van der Waals surface area contributed by atoms with Gasteiger partial charge in [0.25, 0.3) is 0 Å². The van der Waals surface area contributed by atoms with Crippen molar-refractivity contribution in [3.63, 3.8) is 0 Å². The summed E-state index contributed by atoms with van der Waals surface area (Å²) in [5.74, 6) is 0.934. The monoisotopic (exact) mass is 484 g/mol. The SMILES string of the molecule is N#CNC1=NC(c2cc(Br)ccc2OCC2OCCO2)c2c(nc(N)c(C#N)c2N)N1. The van der Waals surface area contributed by atoms with Crippen molar-refractivity contribution in [3.05, 3.63) is 39.4 Å². The number of benzene rings is 1. The van der Waals surface area contributed by atoms with Gasteiger partial charge in [-0.2, -0.15) is 10.5 Å². The summed E-state index contributed by atoms with van der Waals surface area (Å²) in [4.78, 5) is 8.82. The second kappa shape index (κ2) is 8.65. The Morgan fingerprint density at radius 2 is 2.06 bits per heavy atom. The first kappa shape index (κ1) is 20.7. The van der Waals surface area contributed by atoms with Crippen LogP contribution >= 0.6 is 15.9 Å². The van der Waals surface area contributed by atoms with Crippen LogP contribution in [0.1, 0.15) is 22.7 Å². The van der Waals surface area contributed by atoms with E-state index in [1.807, 2.05) is 24.4 Å². The molecule has 1 aromatic carbocycles. The average molecular weight is 485 g/mol. The summed E-state index contributed by atoms with van der Waals surface area (Å²) in [6.45, 7) is 1.20. The van der Waals surface area contributed by atoms with Crippen LogP contribution in [0.3, 0.4) is 0 Å². The molecule has 1 atom stereocenters. The van der Waals surface area contributed by atoms with Crippen LogP contribution in [0.5, 0.6) is 5.75 Å². The number of ether oxygens (including phenoxy) is 3. The molecule has 12 heteroatoms. The fourth-order valence-electron chi connectivity index (χ4n) is 3.33. The Bertz CT molecular complexity index is 1130.